The van der Waals surface area contributed by atoms with Gasteiger partial charge >= 0.3 is 0 Å². The molecule has 1 atom stereocenters. The lowest BCUT2D eigenvalue weighted by molar-refractivity contribution is 0.268. The fourth-order valence-electron chi connectivity index (χ4n) is 2.74. The minimum atomic E-state index is 0.340. The third kappa shape index (κ3) is 2.55. The zero-order valence-electron chi connectivity index (χ0n) is 11.1. The third-order valence-electron chi connectivity index (χ3n) is 3.86. The van der Waals surface area contributed by atoms with E-state index in [4.69, 9.17) is 11.6 Å². The van der Waals surface area contributed by atoms with Gasteiger partial charge in [-0.2, -0.15) is 0 Å². The van der Waals surface area contributed by atoms with E-state index in [1.807, 2.05) is 18.2 Å². The van der Waals surface area contributed by atoms with Crippen molar-refractivity contribution in [3.05, 3.63) is 29.3 Å². The smallest absolute Gasteiger partial charge is 0.116 e. The number of hydrogen-bond donors (Lipinski definition) is 1. The Balaban J connectivity index is 1.80. The maximum atomic E-state index is 6.30. The van der Waals surface area contributed by atoms with Crippen LogP contribution in [0.25, 0.3) is 0 Å². The van der Waals surface area contributed by atoms with Crippen molar-refractivity contribution in [3.63, 3.8) is 0 Å². The van der Waals surface area contributed by atoms with E-state index in [-0.39, 0.29) is 0 Å². The van der Waals surface area contributed by atoms with Crippen LogP contribution in [0.15, 0.2) is 29.3 Å². The number of anilines is 1. The summed E-state index contributed by atoms with van der Waals surface area (Å²) in [4.78, 5) is 9.29. The second kappa shape index (κ2) is 5.39. The van der Waals surface area contributed by atoms with Crippen LogP contribution in [-0.4, -0.2) is 56.5 Å². The lowest BCUT2D eigenvalue weighted by atomic mass is 10.1. The van der Waals surface area contributed by atoms with Crippen molar-refractivity contribution < 1.29 is 0 Å². The molecule has 2 aliphatic rings. The van der Waals surface area contributed by atoms with Crippen molar-refractivity contribution in [3.8, 4) is 0 Å². The lowest BCUT2D eigenvalue weighted by Crippen LogP contribution is -2.57. The fraction of sp³-hybridized carbons (Fsp3) is 0.500. The highest BCUT2D eigenvalue weighted by atomic mass is 35.5. The minimum Gasteiger partial charge on any atom is -0.371 e. The second-order valence-corrected chi connectivity index (χ2v) is 5.49. The molecule has 1 fully saturated rings. The Kier molecular flexibility index (Phi) is 3.62. The number of aliphatic imine (C=N–C) groups is 1. The number of rotatable bonds is 2. The van der Waals surface area contributed by atoms with E-state index in [9.17, 15) is 0 Å². The molecule has 0 saturated carbocycles. The van der Waals surface area contributed by atoms with Crippen molar-refractivity contribution >= 4 is 23.1 Å². The number of nitrogens with zero attached hydrogens (tertiary/aromatic N) is 3. The standard InChI is InChI=1S/C14H19ClN4/c1-18-8-9-19(12-5-3-2-4-11(12)15)10-13(18)14-16-6-7-17-14/h2-5,13H,6-10H2,1H3,(H,16,17). The number of likely N-dealkylation sites (N-methyl/N-ethyl adjacent to an activating group) is 1. The summed E-state index contributed by atoms with van der Waals surface area (Å²) < 4.78 is 0. The van der Waals surface area contributed by atoms with Gasteiger partial charge in [0, 0.05) is 26.2 Å². The van der Waals surface area contributed by atoms with E-state index in [2.05, 4.69) is 33.2 Å². The summed E-state index contributed by atoms with van der Waals surface area (Å²) in [6, 6.07) is 8.40. The van der Waals surface area contributed by atoms with Crippen molar-refractivity contribution in [1.29, 1.82) is 0 Å². The SMILES string of the molecule is CN1CCN(c2ccccc2Cl)CC1C1=NCCN1. The molecule has 3 rings (SSSR count). The topological polar surface area (TPSA) is 30.9 Å². The van der Waals surface area contributed by atoms with Crippen molar-refractivity contribution in [2.75, 3.05) is 44.7 Å². The first-order valence-corrected chi connectivity index (χ1v) is 7.11. The molecule has 102 valence electrons. The third-order valence-corrected chi connectivity index (χ3v) is 4.18. The Bertz CT molecular complexity index is 488. The zero-order valence-corrected chi connectivity index (χ0v) is 11.9. The summed E-state index contributed by atoms with van der Waals surface area (Å²) in [5, 5.41) is 4.22. The Labute approximate surface area is 119 Å². The van der Waals surface area contributed by atoms with Gasteiger partial charge in [-0.15, -0.1) is 0 Å². The summed E-state index contributed by atoms with van der Waals surface area (Å²) >= 11 is 6.30. The van der Waals surface area contributed by atoms with Crippen LogP contribution in [0, 0.1) is 0 Å². The Hall–Kier alpha value is -1.26. The lowest BCUT2D eigenvalue weighted by Gasteiger charge is -2.40. The van der Waals surface area contributed by atoms with Crippen LogP contribution in [0.1, 0.15) is 0 Å². The maximum Gasteiger partial charge on any atom is 0.116 e. The van der Waals surface area contributed by atoms with Crippen LogP contribution < -0.4 is 10.2 Å². The number of piperazine rings is 1. The molecule has 2 aliphatic heterocycles. The second-order valence-electron chi connectivity index (χ2n) is 5.09. The molecule has 0 amide bonds. The minimum absolute atomic E-state index is 0.340. The first-order valence-electron chi connectivity index (χ1n) is 6.73. The highest BCUT2D eigenvalue weighted by molar-refractivity contribution is 6.33. The van der Waals surface area contributed by atoms with Gasteiger partial charge < -0.3 is 10.2 Å². The van der Waals surface area contributed by atoms with Crippen LogP contribution in [0.5, 0.6) is 0 Å². The van der Waals surface area contributed by atoms with E-state index in [0.29, 0.717) is 6.04 Å². The molecule has 4 nitrogen and oxygen atoms in total. The number of halogens is 1. The van der Waals surface area contributed by atoms with Crippen LogP contribution >= 0.6 is 11.6 Å². The van der Waals surface area contributed by atoms with Crippen LogP contribution in [0.2, 0.25) is 5.02 Å². The molecule has 0 spiro atoms. The van der Waals surface area contributed by atoms with E-state index in [0.717, 1.165) is 49.3 Å². The monoisotopic (exact) mass is 278 g/mol. The molecule has 5 heteroatoms. The number of nitrogens with one attached hydrogen (secondary N) is 1. The average Bonchev–Trinajstić information content (AvgIpc) is 2.94. The molecule has 1 aromatic rings. The van der Waals surface area contributed by atoms with Gasteiger partial charge in [0.05, 0.1) is 23.3 Å². The van der Waals surface area contributed by atoms with E-state index < -0.39 is 0 Å². The predicted octanol–water partition coefficient (Wildman–Crippen LogP) is 1.46. The molecule has 0 aliphatic carbocycles. The summed E-state index contributed by atoms with van der Waals surface area (Å²) in [5.74, 6) is 1.12. The van der Waals surface area contributed by atoms with Gasteiger partial charge in [-0.25, -0.2) is 0 Å². The zero-order chi connectivity index (χ0) is 13.2. The van der Waals surface area contributed by atoms with E-state index >= 15 is 0 Å². The van der Waals surface area contributed by atoms with Crippen molar-refractivity contribution in [1.82, 2.24) is 10.2 Å². The molecular weight excluding hydrogens is 260 g/mol. The quantitative estimate of drug-likeness (QED) is 0.889. The normalized spacial score (nSPS) is 24.2. The molecule has 1 N–H and O–H groups in total. The summed E-state index contributed by atoms with van der Waals surface area (Å²) in [5.41, 5.74) is 1.13. The van der Waals surface area contributed by atoms with Crippen molar-refractivity contribution in [2.45, 2.75) is 6.04 Å². The number of benzene rings is 1. The summed E-state index contributed by atoms with van der Waals surface area (Å²) in [6.07, 6.45) is 0. The predicted molar refractivity (Wildman–Crippen MR) is 80.4 cm³/mol. The van der Waals surface area contributed by atoms with Gasteiger partial charge in [-0.1, -0.05) is 23.7 Å². The molecule has 1 unspecified atom stereocenters. The van der Waals surface area contributed by atoms with Gasteiger partial charge in [0.2, 0.25) is 0 Å². The largest absolute Gasteiger partial charge is 0.371 e. The molecular formula is C14H19ClN4. The molecule has 19 heavy (non-hydrogen) atoms. The van der Waals surface area contributed by atoms with Gasteiger partial charge in [0.25, 0.3) is 0 Å². The Morgan fingerprint density at radius 3 is 2.89 bits per heavy atom. The first kappa shape index (κ1) is 12.8. The highest BCUT2D eigenvalue weighted by Gasteiger charge is 2.30. The molecule has 2 heterocycles. The summed E-state index contributed by atoms with van der Waals surface area (Å²) in [6.45, 7) is 4.82. The van der Waals surface area contributed by atoms with E-state index in [1.165, 1.54) is 0 Å². The molecule has 0 aromatic heterocycles. The fourth-order valence-corrected chi connectivity index (χ4v) is 2.99. The van der Waals surface area contributed by atoms with Gasteiger partial charge in [0.15, 0.2) is 0 Å². The molecule has 0 radical (unpaired) electrons. The first-order chi connectivity index (χ1) is 9.25. The summed E-state index contributed by atoms with van der Waals surface area (Å²) in [7, 11) is 2.16. The van der Waals surface area contributed by atoms with Gasteiger partial charge in [-0.3, -0.25) is 9.89 Å². The highest BCUT2D eigenvalue weighted by Crippen LogP contribution is 2.27. The molecule has 1 saturated heterocycles. The number of hydrogen-bond acceptors (Lipinski definition) is 4. The number of para-hydroxylation sites is 1. The van der Waals surface area contributed by atoms with Crippen LogP contribution in [0.3, 0.4) is 0 Å². The van der Waals surface area contributed by atoms with Gasteiger partial charge in [0.1, 0.15) is 5.84 Å². The van der Waals surface area contributed by atoms with Crippen LogP contribution in [0.4, 0.5) is 5.69 Å². The Morgan fingerprint density at radius 1 is 1.32 bits per heavy atom. The molecule has 0 bridgehead atoms. The average molecular weight is 279 g/mol. The molecule has 1 aromatic carbocycles. The number of amidine groups is 1. The van der Waals surface area contributed by atoms with E-state index in [1.54, 1.807) is 0 Å². The van der Waals surface area contributed by atoms with Crippen molar-refractivity contribution in [2.24, 2.45) is 4.99 Å². The van der Waals surface area contributed by atoms with Gasteiger partial charge in [-0.05, 0) is 19.2 Å². The maximum absolute atomic E-state index is 6.30. The van der Waals surface area contributed by atoms with Crippen LogP contribution in [-0.2, 0) is 0 Å². The Morgan fingerprint density at radius 2 is 2.16 bits per heavy atom.